The average molecular weight is 196 g/mol. The van der Waals surface area contributed by atoms with Gasteiger partial charge in [0.25, 0.3) is 0 Å². The molecule has 13 heavy (non-hydrogen) atoms. The molecule has 0 unspecified atom stereocenters. The zero-order valence-electron chi connectivity index (χ0n) is 7.32. The molecule has 1 saturated carbocycles. The van der Waals surface area contributed by atoms with Crippen LogP contribution in [0.15, 0.2) is 10.9 Å². The van der Waals surface area contributed by atoms with Gasteiger partial charge in [0.2, 0.25) is 5.91 Å². The molecule has 70 valence electrons. The molecule has 1 aliphatic carbocycles. The quantitative estimate of drug-likeness (QED) is 0.797. The van der Waals surface area contributed by atoms with E-state index in [0.29, 0.717) is 6.54 Å². The third kappa shape index (κ3) is 2.06. The minimum absolute atomic E-state index is 0.194. The van der Waals surface area contributed by atoms with Gasteiger partial charge in [-0.3, -0.25) is 4.79 Å². The van der Waals surface area contributed by atoms with Gasteiger partial charge in [-0.2, -0.15) is 0 Å². The van der Waals surface area contributed by atoms with Gasteiger partial charge in [0.05, 0.1) is 17.7 Å². The van der Waals surface area contributed by atoms with E-state index in [1.54, 1.807) is 16.8 Å². The van der Waals surface area contributed by atoms with Gasteiger partial charge in [-0.15, -0.1) is 11.3 Å². The van der Waals surface area contributed by atoms with Crippen molar-refractivity contribution in [3.05, 3.63) is 16.6 Å². The van der Waals surface area contributed by atoms with Crippen LogP contribution in [0.1, 0.15) is 25.0 Å². The van der Waals surface area contributed by atoms with Gasteiger partial charge in [0, 0.05) is 11.3 Å². The smallest absolute Gasteiger partial charge is 0.223 e. The van der Waals surface area contributed by atoms with Crippen molar-refractivity contribution in [3.8, 4) is 0 Å². The van der Waals surface area contributed by atoms with Crippen molar-refractivity contribution in [3.63, 3.8) is 0 Å². The van der Waals surface area contributed by atoms with Crippen molar-refractivity contribution >= 4 is 17.2 Å². The van der Waals surface area contributed by atoms with Crippen LogP contribution >= 0.6 is 11.3 Å². The Labute approximate surface area is 81.2 Å². The zero-order chi connectivity index (χ0) is 9.10. The highest BCUT2D eigenvalue weighted by atomic mass is 32.1. The molecule has 1 heterocycles. The van der Waals surface area contributed by atoms with Crippen LogP contribution in [0.4, 0.5) is 0 Å². The Morgan fingerprint density at radius 2 is 2.54 bits per heavy atom. The number of carbonyl (C=O) groups is 1. The molecule has 0 spiro atoms. The fourth-order valence-corrected chi connectivity index (χ4v) is 1.88. The number of nitrogens with zero attached hydrogens (tertiary/aromatic N) is 1. The third-order valence-electron chi connectivity index (χ3n) is 2.40. The Morgan fingerprint density at radius 1 is 1.69 bits per heavy atom. The lowest BCUT2D eigenvalue weighted by molar-refractivity contribution is -0.127. The Bertz CT molecular complexity index is 280. The fourth-order valence-electron chi connectivity index (χ4n) is 1.32. The molecule has 0 aliphatic heterocycles. The number of nitrogens with one attached hydrogen (secondary N) is 1. The lowest BCUT2D eigenvalue weighted by Crippen LogP contribution is -2.33. The summed E-state index contributed by atoms with van der Waals surface area (Å²) < 4.78 is 0. The van der Waals surface area contributed by atoms with E-state index in [2.05, 4.69) is 10.3 Å². The first-order chi connectivity index (χ1) is 6.36. The molecule has 0 aromatic carbocycles. The first-order valence-electron chi connectivity index (χ1n) is 4.51. The van der Waals surface area contributed by atoms with E-state index in [1.807, 2.05) is 5.38 Å². The third-order valence-corrected chi connectivity index (χ3v) is 3.04. The normalized spacial score (nSPS) is 16.6. The van der Waals surface area contributed by atoms with E-state index in [4.69, 9.17) is 0 Å². The van der Waals surface area contributed by atoms with Crippen LogP contribution < -0.4 is 5.32 Å². The highest BCUT2D eigenvalue weighted by molar-refractivity contribution is 7.07. The number of hydrogen-bond donors (Lipinski definition) is 1. The Balaban J connectivity index is 1.76. The number of carbonyl (C=O) groups excluding carboxylic acids is 1. The standard InChI is InChI=1S/C9H12N2OS/c12-9(7-2-1-3-7)10-4-8-5-13-6-11-8/h5-7H,1-4H2,(H,10,12). The van der Waals surface area contributed by atoms with Gasteiger partial charge in [-0.05, 0) is 12.8 Å². The molecule has 1 aliphatic rings. The highest BCUT2D eigenvalue weighted by Crippen LogP contribution is 2.26. The molecule has 0 atom stereocenters. The summed E-state index contributed by atoms with van der Waals surface area (Å²) in [6.07, 6.45) is 3.32. The molecule has 3 nitrogen and oxygen atoms in total. The molecule has 4 heteroatoms. The molecule has 1 fully saturated rings. The van der Waals surface area contributed by atoms with Gasteiger partial charge in [-0.1, -0.05) is 6.42 Å². The van der Waals surface area contributed by atoms with Gasteiger partial charge in [0.15, 0.2) is 0 Å². The number of amides is 1. The second-order valence-electron chi connectivity index (χ2n) is 3.33. The van der Waals surface area contributed by atoms with E-state index < -0.39 is 0 Å². The Morgan fingerprint density at radius 3 is 3.08 bits per heavy atom. The van der Waals surface area contributed by atoms with E-state index in [0.717, 1.165) is 18.5 Å². The minimum Gasteiger partial charge on any atom is -0.350 e. The monoisotopic (exact) mass is 196 g/mol. The molecule has 1 amide bonds. The SMILES string of the molecule is O=C(NCc1cscn1)C1CCC1. The van der Waals surface area contributed by atoms with Crippen LogP contribution in [0.2, 0.25) is 0 Å². The van der Waals surface area contributed by atoms with E-state index in [1.165, 1.54) is 6.42 Å². The largest absolute Gasteiger partial charge is 0.350 e. The van der Waals surface area contributed by atoms with Crippen molar-refractivity contribution in [2.24, 2.45) is 5.92 Å². The van der Waals surface area contributed by atoms with Crippen LogP contribution in [0, 0.1) is 5.92 Å². The summed E-state index contributed by atoms with van der Waals surface area (Å²) >= 11 is 1.56. The molecule has 2 rings (SSSR count). The zero-order valence-corrected chi connectivity index (χ0v) is 8.14. The van der Waals surface area contributed by atoms with E-state index in [9.17, 15) is 4.79 Å². The first-order valence-corrected chi connectivity index (χ1v) is 5.45. The summed E-state index contributed by atoms with van der Waals surface area (Å²) in [5, 5.41) is 4.85. The number of rotatable bonds is 3. The van der Waals surface area contributed by atoms with Crippen LogP contribution in [0.5, 0.6) is 0 Å². The van der Waals surface area contributed by atoms with Gasteiger partial charge < -0.3 is 5.32 Å². The molecule has 1 aromatic rings. The number of hydrogen-bond acceptors (Lipinski definition) is 3. The summed E-state index contributed by atoms with van der Waals surface area (Å²) in [5.41, 5.74) is 2.74. The minimum atomic E-state index is 0.194. The Hall–Kier alpha value is -0.900. The molecule has 1 N–H and O–H groups in total. The average Bonchev–Trinajstić information content (AvgIpc) is 2.49. The molecule has 0 radical (unpaired) electrons. The predicted octanol–water partition coefficient (Wildman–Crippen LogP) is 1.56. The van der Waals surface area contributed by atoms with E-state index >= 15 is 0 Å². The topological polar surface area (TPSA) is 42.0 Å². The second-order valence-corrected chi connectivity index (χ2v) is 4.04. The maximum absolute atomic E-state index is 11.4. The lowest BCUT2D eigenvalue weighted by atomic mass is 9.85. The van der Waals surface area contributed by atoms with Crippen molar-refractivity contribution in [2.45, 2.75) is 25.8 Å². The van der Waals surface area contributed by atoms with Crippen molar-refractivity contribution in [1.29, 1.82) is 0 Å². The molecule has 1 aromatic heterocycles. The number of aromatic nitrogens is 1. The summed E-state index contributed by atoms with van der Waals surface area (Å²) in [4.78, 5) is 15.5. The summed E-state index contributed by atoms with van der Waals surface area (Å²) in [5.74, 6) is 0.470. The van der Waals surface area contributed by atoms with E-state index in [-0.39, 0.29) is 11.8 Å². The highest BCUT2D eigenvalue weighted by Gasteiger charge is 2.24. The van der Waals surface area contributed by atoms with Crippen LogP contribution in [0.3, 0.4) is 0 Å². The summed E-state index contributed by atoms with van der Waals surface area (Å²) in [6.45, 7) is 0.582. The van der Waals surface area contributed by atoms with Gasteiger partial charge in [-0.25, -0.2) is 4.98 Å². The second kappa shape index (κ2) is 3.87. The van der Waals surface area contributed by atoms with Gasteiger partial charge >= 0.3 is 0 Å². The molecule has 0 bridgehead atoms. The molecular weight excluding hydrogens is 184 g/mol. The summed E-state index contributed by atoms with van der Waals surface area (Å²) in [7, 11) is 0. The number of thiazole rings is 1. The summed E-state index contributed by atoms with van der Waals surface area (Å²) in [6, 6.07) is 0. The molecule has 0 saturated heterocycles. The predicted molar refractivity (Wildman–Crippen MR) is 51.3 cm³/mol. The maximum Gasteiger partial charge on any atom is 0.223 e. The van der Waals surface area contributed by atoms with Crippen molar-refractivity contribution in [1.82, 2.24) is 10.3 Å². The fraction of sp³-hybridized carbons (Fsp3) is 0.556. The first kappa shape index (κ1) is 8.69. The van der Waals surface area contributed by atoms with Crippen molar-refractivity contribution in [2.75, 3.05) is 0 Å². The van der Waals surface area contributed by atoms with Crippen molar-refractivity contribution < 1.29 is 4.79 Å². The van der Waals surface area contributed by atoms with Crippen LogP contribution in [0.25, 0.3) is 0 Å². The molecular formula is C9H12N2OS. The lowest BCUT2D eigenvalue weighted by Gasteiger charge is -2.23. The maximum atomic E-state index is 11.4. The van der Waals surface area contributed by atoms with Gasteiger partial charge in [0.1, 0.15) is 0 Å². The van der Waals surface area contributed by atoms with Crippen LogP contribution in [-0.4, -0.2) is 10.9 Å². The van der Waals surface area contributed by atoms with Crippen LogP contribution in [-0.2, 0) is 11.3 Å². The Kier molecular flexibility index (Phi) is 2.59.